The van der Waals surface area contributed by atoms with E-state index in [0.29, 0.717) is 0 Å². The Bertz CT molecular complexity index is 347. The molecule has 1 aromatic carbocycles. The van der Waals surface area contributed by atoms with Gasteiger partial charge >= 0.3 is 0 Å². The second kappa shape index (κ2) is 5.35. The first-order valence-electron chi connectivity index (χ1n) is 6.34. The van der Waals surface area contributed by atoms with E-state index in [1.165, 1.54) is 49.0 Å². The fourth-order valence-electron chi connectivity index (χ4n) is 2.43. The minimum absolute atomic E-state index is 0.810. The molecule has 1 aromatic rings. The Morgan fingerprint density at radius 1 is 1.31 bits per heavy atom. The SMILES string of the molecule is CN1CCCc2ccc(CCCCN)cc21. The quantitative estimate of drug-likeness (QED) is 0.786. The highest BCUT2D eigenvalue weighted by atomic mass is 15.1. The summed E-state index contributed by atoms with van der Waals surface area (Å²) in [6.45, 7) is 2.00. The highest BCUT2D eigenvalue weighted by molar-refractivity contribution is 5.56. The Hall–Kier alpha value is -1.02. The molecule has 0 spiro atoms. The highest BCUT2D eigenvalue weighted by Crippen LogP contribution is 2.27. The second-order valence-corrected chi connectivity index (χ2v) is 4.73. The molecule has 2 N–H and O–H groups in total. The van der Waals surface area contributed by atoms with E-state index in [1.807, 2.05) is 0 Å². The topological polar surface area (TPSA) is 29.3 Å². The van der Waals surface area contributed by atoms with Gasteiger partial charge in [0.25, 0.3) is 0 Å². The van der Waals surface area contributed by atoms with E-state index in [9.17, 15) is 0 Å². The fourth-order valence-corrected chi connectivity index (χ4v) is 2.43. The van der Waals surface area contributed by atoms with Crippen LogP contribution in [0.25, 0.3) is 0 Å². The summed E-state index contributed by atoms with van der Waals surface area (Å²) in [4.78, 5) is 2.38. The molecule has 0 aliphatic carbocycles. The fraction of sp³-hybridized carbons (Fsp3) is 0.571. The molecular formula is C14H22N2. The minimum atomic E-state index is 0.810. The normalized spacial score (nSPS) is 15.0. The van der Waals surface area contributed by atoms with Gasteiger partial charge in [0.1, 0.15) is 0 Å². The van der Waals surface area contributed by atoms with Crippen LogP contribution in [0.2, 0.25) is 0 Å². The maximum atomic E-state index is 5.52. The van der Waals surface area contributed by atoms with E-state index in [-0.39, 0.29) is 0 Å². The van der Waals surface area contributed by atoms with Crippen molar-refractivity contribution in [2.24, 2.45) is 5.73 Å². The predicted molar refractivity (Wildman–Crippen MR) is 70.0 cm³/mol. The zero-order valence-corrected chi connectivity index (χ0v) is 10.2. The number of unbranched alkanes of at least 4 members (excludes halogenated alkanes) is 1. The molecular weight excluding hydrogens is 196 g/mol. The van der Waals surface area contributed by atoms with Crippen LogP contribution in [0.15, 0.2) is 18.2 Å². The third-order valence-electron chi connectivity index (χ3n) is 3.42. The van der Waals surface area contributed by atoms with E-state index < -0.39 is 0 Å². The lowest BCUT2D eigenvalue weighted by molar-refractivity contribution is 0.731. The average Bonchev–Trinajstić information content (AvgIpc) is 2.30. The van der Waals surface area contributed by atoms with Crippen molar-refractivity contribution < 1.29 is 0 Å². The molecule has 0 bridgehead atoms. The molecule has 0 fully saturated rings. The lowest BCUT2D eigenvalue weighted by atomic mass is 9.98. The largest absolute Gasteiger partial charge is 0.374 e. The number of aryl methyl sites for hydroxylation is 2. The molecule has 2 heteroatoms. The van der Waals surface area contributed by atoms with Crippen LogP contribution in [0.3, 0.4) is 0 Å². The monoisotopic (exact) mass is 218 g/mol. The average molecular weight is 218 g/mol. The predicted octanol–water partition coefficient (Wildman–Crippen LogP) is 2.35. The molecule has 2 nitrogen and oxygen atoms in total. The Kier molecular flexibility index (Phi) is 3.83. The number of nitrogens with two attached hydrogens (primary N) is 1. The smallest absolute Gasteiger partial charge is 0.0398 e. The van der Waals surface area contributed by atoms with Gasteiger partial charge in [0.2, 0.25) is 0 Å². The summed E-state index contributed by atoms with van der Waals surface area (Å²) >= 11 is 0. The van der Waals surface area contributed by atoms with E-state index in [2.05, 4.69) is 30.1 Å². The van der Waals surface area contributed by atoms with Crippen molar-refractivity contribution in [2.75, 3.05) is 25.0 Å². The molecule has 16 heavy (non-hydrogen) atoms. The third kappa shape index (κ3) is 2.56. The van der Waals surface area contributed by atoms with Crippen LogP contribution < -0.4 is 10.6 Å². The van der Waals surface area contributed by atoms with Crippen molar-refractivity contribution in [1.29, 1.82) is 0 Å². The molecule has 0 saturated carbocycles. The van der Waals surface area contributed by atoms with Crippen LogP contribution in [0.5, 0.6) is 0 Å². The van der Waals surface area contributed by atoms with Gasteiger partial charge in [-0.2, -0.15) is 0 Å². The first kappa shape index (κ1) is 11.5. The van der Waals surface area contributed by atoms with Crippen LogP contribution >= 0.6 is 0 Å². The maximum absolute atomic E-state index is 5.52. The molecule has 1 heterocycles. The van der Waals surface area contributed by atoms with E-state index >= 15 is 0 Å². The van der Waals surface area contributed by atoms with Gasteiger partial charge in [0.05, 0.1) is 0 Å². The van der Waals surface area contributed by atoms with Gasteiger partial charge < -0.3 is 10.6 Å². The van der Waals surface area contributed by atoms with Gasteiger partial charge in [-0.15, -0.1) is 0 Å². The minimum Gasteiger partial charge on any atom is -0.374 e. The number of nitrogens with zero attached hydrogens (tertiary/aromatic N) is 1. The van der Waals surface area contributed by atoms with Gasteiger partial charge in [-0.25, -0.2) is 0 Å². The van der Waals surface area contributed by atoms with Gasteiger partial charge in [-0.3, -0.25) is 0 Å². The summed E-state index contributed by atoms with van der Waals surface area (Å²) in [5.74, 6) is 0. The van der Waals surface area contributed by atoms with E-state index in [0.717, 1.165) is 13.0 Å². The van der Waals surface area contributed by atoms with Gasteiger partial charge in [-0.05, 0) is 55.8 Å². The summed E-state index contributed by atoms with van der Waals surface area (Å²) < 4.78 is 0. The maximum Gasteiger partial charge on any atom is 0.0398 e. The zero-order valence-electron chi connectivity index (χ0n) is 10.2. The Morgan fingerprint density at radius 3 is 3.00 bits per heavy atom. The van der Waals surface area contributed by atoms with Gasteiger partial charge in [0, 0.05) is 19.3 Å². The van der Waals surface area contributed by atoms with Crippen molar-refractivity contribution in [3.63, 3.8) is 0 Å². The van der Waals surface area contributed by atoms with Crippen LogP contribution in [-0.2, 0) is 12.8 Å². The lowest BCUT2D eigenvalue weighted by Crippen LogP contribution is -2.24. The first-order valence-corrected chi connectivity index (χ1v) is 6.34. The van der Waals surface area contributed by atoms with Crippen LogP contribution in [0, 0.1) is 0 Å². The zero-order chi connectivity index (χ0) is 11.4. The molecule has 0 amide bonds. The molecule has 88 valence electrons. The van der Waals surface area contributed by atoms with Crippen molar-refractivity contribution in [1.82, 2.24) is 0 Å². The molecule has 1 aliphatic rings. The van der Waals surface area contributed by atoms with Gasteiger partial charge in [0.15, 0.2) is 0 Å². The number of rotatable bonds is 4. The second-order valence-electron chi connectivity index (χ2n) is 4.73. The molecule has 0 unspecified atom stereocenters. The van der Waals surface area contributed by atoms with Crippen LogP contribution in [0.4, 0.5) is 5.69 Å². The Morgan fingerprint density at radius 2 is 2.19 bits per heavy atom. The number of hydrogen-bond acceptors (Lipinski definition) is 2. The van der Waals surface area contributed by atoms with Crippen molar-refractivity contribution in [3.8, 4) is 0 Å². The number of anilines is 1. The number of benzene rings is 1. The summed E-state index contributed by atoms with van der Waals surface area (Å²) in [5, 5.41) is 0. The van der Waals surface area contributed by atoms with Crippen molar-refractivity contribution in [3.05, 3.63) is 29.3 Å². The van der Waals surface area contributed by atoms with Gasteiger partial charge in [-0.1, -0.05) is 12.1 Å². The summed E-state index contributed by atoms with van der Waals surface area (Å²) in [7, 11) is 2.20. The Labute approximate surface area is 98.4 Å². The number of hydrogen-bond donors (Lipinski definition) is 1. The van der Waals surface area contributed by atoms with E-state index in [4.69, 9.17) is 5.73 Å². The van der Waals surface area contributed by atoms with Crippen LogP contribution in [0.1, 0.15) is 30.4 Å². The summed E-state index contributed by atoms with van der Waals surface area (Å²) in [5.41, 5.74) is 9.93. The Balaban J connectivity index is 2.08. The van der Waals surface area contributed by atoms with Crippen LogP contribution in [-0.4, -0.2) is 20.1 Å². The number of fused-ring (bicyclic) bond motifs is 1. The molecule has 0 aromatic heterocycles. The standard InChI is InChI=1S/C14H22N2/c1-16-10-4-6-13-8-7-12(11-14(13)16)5-2-3-9-15/h7-8,11H,2-6,9-10,15H2,1H3. The first-order chi connectivity index (χ1) is 7.81. The third-order valence-corrected chi connectivity index (χ3v) is 3.42. The summed E-state index contributed by atoms with van der Waals surface area (Å²) in [6.07, 6.45) is 6.03. The molecule has 0 radical (unpaired) electrons. The lowest BCUT2D eigenvalue weighted by Gasteiger charge is -2.28. The van der Waals surface area contributed by atoms with Crippen molar-refractivity contribution >= 4 is 5.69 Å². The molecule has 1 aliphatic heterocycles. The van der Waals surface area contributed by atoms with E-state index in [1.54, 1.807) is 0 Å². The molecule has 2 rings (SSSR count). The molecule has 0 saturated heterocycles. The van der Waals surface area contributed by atoms with Crippen molar-refractivity contribution in [2.45, 2.75) is 32.1 Å². The molecule has 0 atom stereocenters. The highest BCUT2D eigenvalue weighted by Gasteiger charge is 2.13. The summed E-state index contributed by atoms with van der Waals surface area (Å²) in [6, 6.07) is 6.96.